The Labute approximate surface area is 148 Å². The van der Waals surface area contributed by atoms with Gasteiger partial charge in [0, 0.05) is 24.2 Å². The number of likely N-dealkylation sites (tertiary alicyclic amines) is 1. The molecule has 1 saturated heterocycles. The Balaban J connectivity index is 1.91. The van der Waals surface area contributed by atoms with Crippen molar-refractivity contribution in [1.82, 2.24) is 4.90 Å². The summed E-state index contributed by atoms with van der Waals surface area (Å²) in [5.41, 5.74) is 0.690. The summed E-state index contributed by atoms with van der Waals surface area (Å²) in [6, 6.07) is 5.48. The van der Waals surface area contributed by atoms with E-state index in [0.717, 1.165) is 25.8 Å². The van der Waals surface area contributed by atoms with Gasteiger partial charge in [-0.2, -0.15) is 0 Å². The highest BCUT2D eigenvalue weighted by molar-refractivity contribution is 5.89. The van der Waals surface area contributed by atoms with Crippen LogP contribution in [0.3, 0.4) is 0 Å². The molecule has 0 N–H and O–H groups in total. The molecule has 1 heterocycles. The quantitative estimate of drug-likeness (QED) is 0.585. The lowest BCUT2D eigenvalue weighted by atomic mass is 10.0. The molecule has 1 aliphatic rings. The molecule has 1 aromatic rings. The van der Waals surface area contributed by atoms with Crippen LogP contribution >= 0.6 is 0 Å². The minimum absolute atomic E-state index is 0.145. The smallest absolute Gasteiger partial charge is 0.331 e. The molecule has 0 radical (unpaired) electrons. The van der Waals surface area contributed by atoms with Crippen LogP contribution in [0.1, 0.15) is 31.7 Å². The normalized spacial score (nSPS) is 17.4. The van der Waals surface area contributed by atoms with Crippen molar-refractivity contribution in [1.29, 1.82) is 0 Å². The summed E-state index contributed by atoms with van der Waals surface area (Å²) in [5, 5.41) is 0. The summed E-state index contributed by atoms with van der Waals surface area (Å²) in [7, 11) is 3.12. The second-order valence-electron chi connectivity index (χ2n) is 5.98. The molecule has 1 aliphatic heterocycles. The van der Waals surface area contributed by atoms with Gasteiger partial charge in [0.05, 0.1) is 14.2 Å². The number of benzene rings is 1. The first kappa shape index (κ1) is 18.8. The van der Waals surface area contributed by atoms with Crippen LogP contribution in [0, 0.1) is 0 Å². The number of ether oxygens (including phenoxy) is 3. The van der Waals surface area contributed by atoms with Crippen molar-refractivity contribution in [2.75, 3.05) is 27.4 Å². The predicted molar refractivity (Wildman–Crippen MR) is 94.6 cm³/mol. The lowest BCUT2D eigenvalue weighted by molar-refractivity contribution is -0.149. The fourth-order valence-corrected chi connectivity index (χ4v) is 2.86. The predicted octanol–water partition coefficient (Wildman–Crippen LogP) is 2.66. The average molecular weight is 347 g/mol. The van der Waals surface area contributed by atoms with Gasteiger partial charge < -0.3 is 19.1 Å². The number of rotatable bonds is 6. The molecule has 25 heavy (non-hydrogen) atoms. The number of esters is 1. The van der Waals surface area contributed by atoms with Crippen molar-refractivity contribution in [3.05, 3.63) is 29.8 Å². The Bertz CT molecular complexity index is 641. The molecule has 1 atom stereocenters. The number of piperidine rings is 1. The van der Waals surface area contributed by atoms with Gasteiger partial charge in [-0.25, -0.2) is 4.79 Å². The molecule has 1 aromatic carbocycles. The first-order chi connectivity index (χ1) is 12.0. The molecule has 0 spiro atoms. The maximum atomic E-state index is 12.2. The van der Waals surface area contributed by atoms with Gasteiger partial charge in [0.1, 0.15) is 11.5 Å². The van der Waals surface area contributed by atoms with E-state index in [9.17, 15) is 9.59 Å². The molecule has 136 valence electrons. The number of nitrogens with zero attached hydrogens (tertiary/aromatic N) is 1. The van der Waals surface area contributed by atoms with Crippen molar-refractivity contribution in [3.8, 4) is 11.5 Å². The zero-order valence-corrected chi connectivity index (χ0v) is 15.0. The zero-order chi connectivity index (χ0) is 18.2. The molecule has 1 fully saturated rings. The van der Waals surface area contributed by atoms with E-state index >= 15 is 0 Å². The van der Waals surface area contributed by atoms with Crippen LogP contribution in [-0.2, 0) is 14.3 Å². The topological polar surface area (TPSA) is 65.1 Å². The summed E-state index contributed by atoms with van der Waals surface area (Å²) in [4.78, 5) is 25.8. The first-order valence-corrected chi connectivity index (χ1v) is 8.41. The molecule has 0 saturated carbocycles. The number of hydrogen-bond acceptors (Lipinski definition) is 5. The summed E-state index contributed by atoms with van der Waals surface area (Å²) >= 11 is 0. The van der Waals surface area contributed by atoms with Crippen LogP contribution in [0.25, 0.3) is 6.08 Å². The van der Waals surface area contributed by atoms with E-state index in [1.54, 1.807) is 43.4 Å². The van der Waals surface area contributed by atoms with Crippen LogP contribution < -0.4 is 9.47 Å². The molecule has 2 rings (SSSR count). The van der Waals surface area contributed by atoms with Gasteiger partial charge in [-0.1, -0.05) is 0 Å². The lowest BCUT2D eigenvalue weighted by Crippen LogP contribution is -2.44. The Morgan fingerprint density at radius 1 is 1.24 bits per heavy atom. The third-order valence-corrected chi connectivity index (χ3v) is 4.30. The minimum Gasteiger partial charge on any atom is -0.497 e. The second-order valence-corrected chi connectivity index (χ2v) is 5.98. The maximum Gasteiger partial charge on any atom is 0.331 e. The number of carbonyl (C=O) groups excluding carboxylic acids is 2. The van der Waals surface area contributed by atoms with Crippen molar-refractivity contribution in [2.45, 2.75) is 32.2 Å². The van der Waals surface area contributed by atoms with Gasteiger partial charge in [0.25, 0.3) is 5.91 Å². The number of amides is 1. The summed E-state index contributed by atoms with van der Waals surface area (Å²) in [6.45, 7) is 2.52. The van der Waals surface area contributed by atoms with Crippen LogP contribution in [0.4, 0.5) is 0 Å². The average Bonchev–Trinajstić information content (AvgIpc) is 2.64. The highest BCUT2D eigenvalue weighted by Gasteiger charge is 2.23. The highest BCUT2D eigenvalue weighted by Crippen LogP contribution is 2.25. The van der Waals surface area contributed by atoms with Crippen molar-refractivity contribution in [2.24, 2.45) is 0 Å². The van der Waals surface area contributed by atoms with E-state index < -0.39 is 5.97 Å². The molecule has 6 heteroatoms. The fraction of sp³-hybridized carbons (Fsp3) is 0.474. The Kier molecular flexibility index (Phi) is 6.86. The highest BCUT2D eigenvalue weighted by atomic mass is 16.5. The molecule has 0 bridgehead atoms. The van der Waals surface area contributed by atoms with E-state index in [2.05, 4.69) is 0 Å². The lowest BCUT2D eigenvalue weighted by Gasteiger charge is -2.33. The molecule has 1 amide bonds. The van der Waals surface area contributed by atoms with E-state index in [0.29, 0.717) is 17.1 Å². The van der Waals surface area contributed by atoms with Gasteiger partial charge in [-0.3, -0.25) is 4.79 Å². The molecular weight excluding hydrogens is 322 g/mol. The van der Waals surface area contributed by atoms with Crippen LogP contribution in [0.2, 0.25) is 0 Å². The van der Waals surface area contributed by atoms with Crippen molar-refractivity contribution >= 4 is 18.0 Å². The Morgan fingerprint density at radius 2 is 2.04 bits per heavy atom. The number of hydrogen-bond donors (Lipinski definition) is 0. The monoisotopic (exact) mass is 347 g/mol. The van der Waals surface area contributed by atoms with Crippen LogP contribution in [0.5, 0.6) is 11.5 Å². The van der Waals surface area contributed by atoms with E-state index in [1.807, 2.05) is 6.92 Å². The number of methoxy groups -OCH3 is 2. The number of carbonyl (C=O) groups is 2. The summed E-state index contributed by atoms with van der Waals surface area (Å²) in [5.74, 6) is 0.557. The molecule has 0 aliphatic carbocycles. The fourth-order valence-electron chi connectivity index (χ4n) is 2.86. The van der Waals surface area contributed by atoms with Crippen molar-refractivity contribution < 1.29 is 23.8 Å². The van der Waals surface area contributed by atoms with E-state index in [4.69, 9.17) is 14.2 Å². The first-order valence-electron chi connectivity index (χ1n) is 8.41. The third kappa shape index (κ3) is 5.24. The van der Waals surface area contributed by atoms with Gasteiger partial charge in [-0.05, 0) is 50.5 Å². The zero-order valence-electron chi connectivity index (χ0n) is 15.0. The Morgan fingerprint density at radius 3 is 2.72 bits per heavy atom. The Hall–Kier alpha value is -2.50. The van der Waals surface area contributed by atoms with Gasteiger partial charge in [0.2, 0.25) is 0 Å². The van der Waals surface area contributed by atoms with Crippen LogP contribution in [-0.4, -0.2) is 50.2 Å². The molecule has 6 nitrogen and oxygen atoms in total. The van der Waals surface area contributed by atoms with Gasteiger partial charge >= 0.3 is 5.97 Å². The van der Waals surface area contributed by atoms with Gasteiger partial charge in [0.15, 0.2) is 6.61 Å². The summed E-state index contributed by atoms with van der Waals surface area (Å²) in [6.07, 6.45) is 5.99. The SMILES string of the molecule is COc1ccc(OC)c(/C=C/C(=O)OCC(=O)N2CCCC[C@@H]2C)c1. The molecular formula is C19H25NO5. The third-order valence-electron chi connectivity index (χ3n) is 4.30. The van der Waals surface area contributed by atoms with E-state index in [1.165, 1.54) is 6.08 Å². The standard InChI is InChI=1S/C19H25NO5/c1-14-6-4-5-11-20(14)18(21)13-25-19(22)10-7-15-12-16(23-2)8-9-17(15)24-3/h7-10,12,14H,4-6,11,13H2,1-3H3/b10-7+/t14-/m0/s1. The second kappa shape index (κ2) is 9.11. The summed E-state index contributed by atoms with van der Waals surface area (Å²) < 4.78 is 15.5. The minimum atomic E-state index is -0.567. The maximum absolute atomic E-state index is 12.2. The largest absolute Gasteiger partial charge is 0.497 e. The van der Waals surface area contributed by atoms with Gasteiger partial charge in [-0.15, -0.1) is 0 Å². The van der Waals surface area contributed by atoms with Crippen LogP contribution in [0.15, 0.2) is 24.3 Å². The van der Waals surface area contributed by atoms with Crippen molar-refractivity contribution in [3.63, 3.8) is 0 Å². The van der Waals surface area contributed by atoms with E-state index in [-0.39, 0.29) is 18.6 Å². The molecule has 0 aromatic heterocycles. The molecule has 0 unspecified atom stereocenters.